The summed E-state index contributed by atoms with van der Waals surface area (Å²) in [5.74, 6) is 0.171. The molecular weight excluding hydrogens is 168 g/mol. The zero-order valence-electron chi connectivity index (χ0n) is 8.25. The monoisotopic (exact) mass is 185 g/mol. The summed E-state index contributed by atoms with van der Waals surface area (Å²) < 4.78 is 6.41. The Morgan fingerprint density at radius 3 is 2.85 bits per heavy atom. The molecule has 2 bridgehead atoms. The number of likely N-dealkylation sites (N-methyl/N-ethyl adjacent to an activating group) is 1. The molecule has 0 aromatic carbocycles. The third-order valence-corrected chi connectivity index (χ3v) is 3.46. The van der Waals surface area contributed by atoms with Crippen molar-refractivity contribution in [2.75, 3.05) is 33.9 Å². The van der Waals surface area contributed by atoms with Gasteiger partial charge in [-0.3, -0.25) is 4.79 Å². The van der Waals surface area contributed by atoms with E-state index in [9.17, 15) is 4.79 Å². The van der Waals surface area contributed by atoms with E-state index in [-0.39, 0.29) is 5.91 Å². The van der Waals surface area contributed by atoms with E-state index in [2.05, 4.69) is 19.4 Å². The van der Waals surface area contributed by atoms with Gasteiger partial charge in [0.15, 0.2) is 0 Å². The maximum Gasteiger partial charge on any atom is 0.226 e. The molecule has 0 aromatic rings. The van der Waals surface area contributed by atoms with Crippen LogP contribution in [0, 0.1) is 0 Å². The zero-order valence-corrected chi connectivity index (χ0v) is 8.25. The fraction of sp³-hybridized carbons (Fsp3) is 0.889. The number of hydrogen-bond acceptors (Lipinski definition) is 2. The maximum absolute atomic E-state index is 11.3. The number of morpholine rings is 1. The van der Waals surface area contributed by atoms with Crippen LogP contribution >= 0.6 is 0 Å². The van der Waals surface area contributed by atoms with Crippen LogP contribution in [0.4, 0.5) is 0 Å². The number of fused-ring (bicyclic) bond motifs is 2. The summed E-state index contributed by atoms with van der Waals surface area (Å²) in [5.41, 5.74) is 0. The molecule has 2 fully saturated rings. The van der Waals surface area contributed by atoms with E-state index in [1.165, 1.54) is 0 Å². The van der Waals surface area contributed by atoms with Gasteiger partial charge < -0.3 is 14.5 Å². The van der Waals surface area contributed by atoms with Crippen LogP contribution in [0.3, 0.4) is 0 Å². The zero-order chi connectivity index (χ0) is 9.47. The fourth-order valence-electron chi connectivity index (χ4n) is 2.13. The molecule has 13 heavy (non-hydrogen) atoms. The minimum Gasteiger partial charge on any atom is -0.369 e. The number of quaternary nitrogens is 1. The van der Waals surface area contributed by atoms with Crippen molar-refractivity contribution in [3.8, 4) is 0 Å². The first kappa shape index (κ1) is 8.97. The Bertz CT molecular complexity index is 228. The van der Waals surface area contributed by atoms with Crippen LogP contribution in [0.2, 0.25) is 0 Å². The predicted molar refractivity (Wildman–Crippen MR) is 48.1 cm³/mol. The van der Waals surface area contributed by atoms with Crippen molar-refractivity contribution in [2.24, 2.45) is 0 Å². The second kappa shape index (κ2) is 2.96. The van der Waals surface area contributed by atoms with Gasteiger partial charge in [0, 0.05) is 0 Å². The normalized spacial score (nSPS) is 37.8. The van der Waals surface area contributed by atoms with Gasteiger partial charge in [0.2, 0.25) is 5.91 Å². The Hall–Kier alpha value is -0.610. The molecule has 4 nitrogen and oxygen atoms in total. The molecule has 2 aliphatic rings. The van der Waals surface area contributed by atoms with Crippen LogP contribution in [0.15, 0.2) is 0 Å². The van der Waals surface area contributed by atoms with Crippen molar-refractivity contribution in [3.63, 3.8) is 0 Å². The Kier molecular flexibility index (Phi) is 2.04. The topological polar surface area (TPSA) is 38.3 Å². The van der Waals surface area contributed by atoms with Gasteiger partial charge >= 0.3 is 0 Å². The molecule has 2 unspecified atom stereocenters. The molecule has 0 radical (unpaired) electrons. The van der Waals surface area contributed by atoms with E-state index >= 15 is 0 Å². The first-order valence-electron chi connectivity index (χ1n) is 4.78. The first-order chi connectivity index (χ1) is 6.10. The average molecular weight is 185 g/mol. The van der Waals surface area contributed by atoms with E-state index < -0.39 is 0 Å². The van der Waals surface area contributed by atoms with Crippen molar-refractivity contribution in [1.82, 2.24) is 5.32 Å². The molecule has 2 atom stereocenters. The molecule has 0 saturated carbocycles. The maximum atomic E-state index is 11.3. The van der Waals surface area contributed by atoms with Gasteiger partial charge in [-0.25, -0.2) is 0 Å². The molecule has 4 heteroatoms. The molecule has 2 saturated heterocycles. The molecular formula is C9H17N2O2+. The summed E-state index contributed by atoms with van der Waals surface area (Å²) >= 11 is 0. The minimum atomic E-state index is 0.171. The summed E-state index contributed by atoms with van der Waals surface area (Å²) in [6.45, 7) is 2.24. The summed E-state index contributed by atoms with van der Waals surface area (Å²) in [7, 11) is 4.39. The van der Waals surface area contributed by atoms with Crippen molar-refractivity contribution in [3.05, 3.63) is 0 Å². The van der Waals surface area contributed by atoms with Gasteiger partial charge in [0.1, 0.15) is 18.7 Å². The van der Waals surface area contributed by atoms with E-state index in [4.69, 9.17) is 4.74 Å². The highest BCUT2D eigenvalue weighted by molar-refractivity contribution is 5.76. The number of nitrogens with one attached hydrogen (secondary N) is 1. The lowest BCUT2D eigenvalue weighted by Gasteiger charge is -2.45. The molecule has 1 N–H and O–H groups in total. The average Bonchev–Trinajstić information content (AvgIpc) is 2.17. The van der Waals surface area contributed by atoms with Gasteiger partial charge in [0.05, 0.1) is 33.7 Å². The van der Waals surface area contributed by atoms with Crippen molar-refractivity contribution >= 4 is 5.91 Å². The third-order valence-electron chi connectivity index (χ3n) is 3.46. The number of rotatable bonds is 0. The third kappa shape index (κ3) is 1.44. The van der Waals surface area contributed by atoms with Gasteiger partial charge in [-0.2, -0.15) is 0 Å². The van der Waals surface area contributed by atoms with Crippen molar-refractivity contribution in [2.45, 2.75) is 18.5 Å². The summed E-state index contributed by atoms with van der Waals surface area (Å²) in [4.78, 5) is 11.3. The Labute approximate surface area is 78.4 Å². The van der Waals surface area contributed by atoms with E-state index in [1.807, 2.05) is 0 Å². The summed E-state index contributed by atoms with van der Waals surface area (Å²) in [5, 5.41) is 2.94. The highest BCUT2D eigenvalue weighted by Gasteiger charge is 2.43. The predicted octanol–water partition coefficient (Wildman–Crippen LogP) is -0.650. The quantitative estimate of drug-likeness (QED) is 0.509. The number of amides is 1. The van der Waals surface area contributed by atoms with Crippen LogP contribution < -0.4 is 5.32 Å². The SMILES string of the molecule is C[N+]1(C)C2CNC(=O)CC1COC2. The van der Waals surface area contributed by atoms with Crippen LogP contribution in [-0.4, -0.2) is 56.3 Å². The molecule has 1 amide bonds. The number of hydrogen-bond donors (Lipinski definition) is 1. The minimum absolute atomic E-state index is 0.171. The summed E-state index contributed by atoms with van der Waals surface area (Å²) in [6, 6.07) is 0.756. The lowest BCUT2D eigenvalue weighted by atomic mass is 10.1. The highest BCUT2D eigenvalue weighted by atomic mass is 16.5. The first-order valence-corrected chi connectivity index (χ1v) is 4.78. The van der Waals surface area contributed by atoms with Gasteiger partial charge in [-0.05, 0) is 0 Å². The van der Waals surface area contributed by atoms with Gasteiger partial charge in [-0.15, -0.1) is 0 Å². The molecule has 0 spiro atoms. The van der Waals surface area contributed by atoms with Gasteiger partial charge in [-0.1, -0.05) is 0 Å². The van der Waals surface area contributed by atoms with Crippen LogP contribution in [0.25, 0.3) is 0 Å². The van der Waals surface area contributed by atoms with Crippen molar-refractivity contribution < 1.29 is 14.0 Å². The van der Waals surface area contributed by atoms with E-state index in [0.717, 1.165) is 24.2 Å². The lowest BCUT2D eigenvalue weighted by Crippen LogP contribution is -2.63. The molecule has 0 aliphatic carbocycles. The number of carbonyl (C=O) groups excluding carboxylic acids is 1. The number of carbonyl (C=O) groups is 1. The fourth-order valence-corrected chi connectivity index (χ4v) is 2.13. The molecule has 2 heterocycles. The molecule has 74 valence electrons. The van der Waals surface area contributed by atoms with Crippen LogP contribution in [0.1, 0.15) is 6.42 Å². The molecule has 2 rings (SSSR count). The van der Waals surface area contributed by atoms with E-state index in [1.54, 1.807) is 0 Å². The second-order valence-electron chi connectivity index (χ2n) is 4.48. The number of nitrogens with zero attached hydrogens (tertiary/aromatic N) is 1. The smallest absolute Gasteiger partial charge is 0.226 e. The van der Waals surface area contributed by atoms with Crippen LogP contribution in [0.5, 0.6) is 0 Å². The Balaban J connectivity index is 2.24. The van der Waals surface area contributed by atoms with Crippen LogP contribution in [-0.2, 0) is 9.53 Å². The molecule has 2 aliphatic heterocycles. The van der Waals surface area contributed by atoms with Crippen molar-refractivity contribution in [1.29, 1.82) is 0 Å². The molecule has 0 aromatic heterocycles. The summed E-state index contributed by atoms with van der Waals surface area (Å²) in [6.07, 6.45) is 0.601. The highest BCUT2D eigenvalue weighted by Crippen LogP contribution is 2.23. The van der Waals surface area contributed by atoms with E-state index in [0.29, 0.717) is 18.5 Å². The number of ether oxygens (including phenoxy) is 1. The second-order valence-corrected chi connectivity index (χ2v) is 4.48. The van der Waals surface area contributed by atoms with Gasteiger partial charge in [0.25, 0.3) is 0 Å². The largest absolute Gasteiger partial charge is 0.369 e. The Morgan fingerprint density at radius 2 is 2.08 bits per heavy atom. The standard InChI is InChI=1S/C9H16N2O2/c1-11(2)7-3-9(12)10-4-8(11)6-13-5-7/h7-8H,3-6H2,1-2H3/p+1. The lowest BCUT2D eigenvalue weighted by molar-refractivity contribution is -0.944. The Morgan fingerprint density at radius 1 is 1.38 bits per heavy atom.